The van der Waals surface area contributed by atoms with E-state index in [9.17, 15) is 32.4 Å². The Balaban J connectivity index is 1.90. The zero-order valence-electron chi connectivity index (χ0n) is 31.6. The number of hydrogen-bond acceptors (Lipinski definition) is 7. The van der Waals surface area contributed by atoms with Gasteiger partial charge in [-0.3, -0.25) is 0 Å². The van der Waals surface area contributed by atoms with Crippen LogP contribution < -0.4 is 21.3 Å². The number of hydrogen-bond donors (Lipinski definition) is 4. The zero-order valence-corrected chi connectivity index (χ0v) is 34.6. The molecule has 1 unspecified atom stereocenters. The monoisotopic (exact) mass is 850 g/mol. The van der Waals surface area contributed by atoms with Crippen LogP contribution in [-0.4, -0.2) is 122 Å². The number of amides is 5. The van der Waals surface area contributed by atoms with Crippen LogP contribution in [0.2, 0.25) is 0 Å². The van der Waals surface area contributed by atoms with Gasteiger partial charge in [0.1, 0.15) is 0 Å². The first kappa shape index (κ1) is 43.0. The van der Waals surface area contributed by atoms with Crippen LogP contribution in [-0.2, 0) is 29.2 Å². The molecule has 292 valence electrons. The second kappa shape index (κ2) is 18.6. The normalized spacial score (nSPS) is 23.5. The number of carbonyl (C=O) groups is 5. The van der Waals surface area contributed by atoms with E-state index in [-0.39, 0.29) is 41.0 Å². The van der Waals surface area contributed by atoms with Gasteiger partial charge in [-0.25, -0.2) is 8.42 Å². The Morgan fingerprint density at radius 2 is 1.63 bits per heavy atom. The summed E-state index contributed by atoms with van der Waals surface area (Å²) in [6.07, 6.45) is 8.58. The zero-order chi connectivity index (χ0) is 38.1. The van der Waals surface area contributed by atoms with Gasteiger partial charge in [-0.2, -0.15) is 0 Å². The molecule has 3 aliphatic rings. The molecule has 51 heavy (non-hydrogen) atoms. The van der Waals surface area contributed by atoms with Gasteiger partial charge in [-0.1, -0.05) is 0 Å². The molecule has 1 saturated carbocycles. The van der Waals surface area contributed by atoms with Gasteiger partial charge in [0.05, 0.1) is 5.75 Å². The fourth-order valence-corrected chi connectivity index (χ4v) is 13.3. The van der Waals surface area contributed by atoms with Gasteiger partial charge in [0.2, 0.25) is 0 Å². The first-order chi connectivity index (χ1) is 23.8. The third kappa shape index (κ3) is 11.8. The van der Waals surface area contributed by atoms with E-state index in [0.29, 0.717) is 32.4 Å². The second-order valence-corrected chi connectivity index (χ2v) is 28.1. The van der Waals surface area contributed by atoms with Crippen LogP contribution in [0, 0.1) is 11.3 Å². The predicted molar refractivity (Wildman–Crippen MR) is 212 cm³/mol. The molecule has 0 spiro atoms. The average molecular weight is 851 g/mol. The molecule has 0 bridgehead atoms. The third-order valence-electron chi connectivity index (χ3n) is 10.4. The standard InChI is InChI=1S/C36H63IN6O7S/c1-9-11-18-27(31(44)33(46)38-20-10-2)39-32(45)30-26(37(6,7)8)19-22-43(30)34(47)29(25-16-13-12-14-17-25)41-35(48)40-28(36(3,4)5)24-42-21-15-23-51(42,49)50/h10,25-30H,2,6,9,11-24H2,1,3-5,7-8H3,(H,38,46)(H,39,45)(H2,40,41,48)/t26-,27?,28+,29-,30-/m0/s1. The van der Waals surface area contributed by atoms with Gasteiger partial charge in [-0.15, -0.1) is 0 Å². The molecule has 2 saturated heterocycles. The van der Waals surface area contributed by atoms with Crippen LogP contribution >= 0.6 is 18.0 Å². The van der Waals surface area contributed by atoms with Gasteiger partial charge in [0, 0.05) is 0 Å². The summed E-state index contributed by atoms with van der Waals surface area (Å²) in [5.74, 6) is -2.43. The molecule has 0 aromatic heterocycles. The van der Waals surface area contributed by atoms with Gasteiger partial charge >= 0.3 is 290 Å². The molecule has 5 atom stereocenters. The molecule has 5 amide bonds. The summed E-state index contributed by atoms with van der Waals surface area (Å²) in [4.78, 5) is 74.4. The second-order valence-electron chi connectivity index (χ2n) is 15.8. The van der Waals surface area contributed by atoms with E-state index in [2.05, 4.69) is 42.2 Å². The molecule has 15 heteroatoms. The van der Waals surface area contributed by atoms with Crippen molar-refractivity contribution in [3.8, 4) is 0 Å². The van der Waals surface area contributed by atoms with E-state index in [1.54, 1.807) is 4.90 Å². The maximum absolute atomic E-state index is 14.7. The Kier molecular flexibility index (Phi) is 15.7. The van der Waals surface area contributed by atoms with Crippen LogP contribution in [0.15, 0.2) is 12.7 Å². The number of unbranched alkanes of at least 4 members (excludes halogenated alkanes) is 1. The Morgan fingerprint density at radius 1 is 0.961 bits per heavy atom. The molecular formula is C36H63IN6O7S. The quantitative estimate of drug-likeness (QED) is 0.0800. The summed E-state index contributed by atoms with van der Waals surface area (Å²) < 4.78 is 31.0. The van der Waals surface area contributed by atoms with Crippen LogP contribution in [0.4, 0.5) is 4.79 Å². The number of halogens is 1. The molecule has 3 rings (SSSR count). The summed E-state index contributed by atoms with van der Waals surface area (Å²) in [6.45, 7) is 12.3. The number of ketones is 1. The number of likely N-dealkylation sites (tertiary alicyclic amines) is 1. The SMILES string of the molecule is C=CCNC(=O)C(=O)C(CCCC)NC(=O)[C@@H]1[C@@H](I(=C)(C)C)CCN1C(=O)[C@@H](NC(=O)N[C@H](CN1CCCS1(=O)=O)C(C)(C)C)C1CCCCC1. The van der Waals surface area contributed by atoms with Crippen molar-refractivity contribution < 1.29 is 32.4 Å². The number of nitrogens with zero attached hydrogens (tertiary/aromatic N) is 2. The predicted octanol–water partition coefficient (Wildman–Crippen LogP) is 2.93. The van der Waals surface area contributed by atoms with Gasteiger partial charge in [-0.05, 0) is 6.42 Å². The number of sulfonamides is 1. The molecular weight excluding hydrogens is 787 g/mol. The van der Waals surface area contributed by atoms with Crippen LogP contribution in [0.1, 0.15) is 91.9 Å². The number of Topliss-reactive ketones (excluding diaryl/α,β-unsaturated/α-hetero) is 1. The van der Waals surface area contributed by atoms with Crippen LogP contribution in [0.3, 0.4) is 0 Å². The van der Waals surface area contributed by atoms with E-state index in [0.717, 1.165) is 38.5 Å². The van der Waals surface area contributed by atoms with Crippen molar-refractivity contribution in [1.82, 2.24) is 30.5 Å². The molecule has 0 aromatic carbocycles. The van der Waals surface area contributed by atoms with E-state index in [1.807, 2.05) is 27.7 Å². The molecule has 3 fully saturated rings. The average Bonchev–Trinajstić information content (AvgIpc) is 3.66. The summed E-state index contributed by atoms with van der Waals surface area (Å²) in [7, 11) is -3.39. The Morgan fingerprint density at radius 3 is 2.18 bits per heavy atom. The van der Waals surface area contributed by atoms with Crippen molar-refractivity contribution in [1.29, 1.82) is 0 Å². The topological polar surface area (TPSA) is 174 Å². The molecule has 2 aliphatic heterocycles. The van der Waals surface area contributed by atoms with Crippen LogP contribution in [0.25, 0.3) is 0 Å². The molecule has 0 radical (unpaired) electrons. The van der Waals surface area contributed by atoms with Gasteiger partial charge in [0.25, 0.3) is 0 Å². The minimum absolute atomic E-state index is 0.0870. The fraction of sp³-hybridized carbons (Fsp3) is 0.778. The van der Waals surface area contributed by atoms with Crippen molar-refractivity contribution in [2.24, 2.45) is 11.3 Å². The minimum atomic E-state index is -3.39. The van der Waals surface area contributed by atoms with E-state index in [1.165, 1.54) is 10.4 Å². The van der Waals surface area contributed by atoms with E-state index >= 15 is 0 Å². The van der Waals surface area contributed by atoms with Gasteiger partial charge < -0.3 is 0 Å². The van der Waals surface area contributed by atoms with Crippen molar-refractivity contribution in [3.05, 3.63) is 12.7 Å². The summed E-state index contributed by atoms with van der Waals surface area (Å²) in [5.41, 5.74) is -0.481. The van der Waals surface area contributed by atoms with Crippen molar-refractivity contribution in [2.75, 3.05) is 41.8 Å². The maximum atomic E-state index is 14.7. The van der Waals surface area contributed by atoms with Crippen molar-refractivity contribution in [3.63, 3.8) is 0 Å². The molecule has 13 nitrogen and oxygen atoms in total. The number of urea groups is 1. The third-order valence-corrected chi connectivity index (χ3v) is 17.9. The summed E-state index contributed by atoms with van der Waals surface area (Å²) in [6, 6.07) is -3.93. The molecule has 4 N–H and O–H groups in total. The van der Waals surface area contributed by atoms with E-state index < -0.39 is 81.2 Å². The first-order valence-corrected chi connectivity index (χ1v) is 27.0. The number of rotatable bonds is 16. The summed E-state index contributed by atoms with van der Waals surface area (Å²) in [5, 5.41) is 11.4. The number of alkyl halides is 3. The van der Waals surface area contributed by atoms with Crippen LogP contribution in [0.5, 0.6) is 0 Å². The molecule has 0 aromatic rings. The summed E-state index contributed by atoms with van der Waals surface area (Å²) >= 11 is -2.79. The fourth-order valence-electron chi connectivity index (χ4n) is 7.28. The Hall–Kier alpha value is -2.40. The first-order valence-electron chi connectivity index (χ1n) is 18.4. The molecule has 2 heterocycles. The van der Waals surface area contributed by atoms with Gasteiger partial charge in [0.15, 0.2) is 0 Å². The van der Waals surface area contributed by atoms with Crippen molar-refractivity contribution >= 4 is 62.0 Å². The van der Waals surface area contributed by atoms with Crippen molar-refractivity contribution in [2.45, 2.75) is 120 Å². The molecule has 1 aliphatic carbocycles. The number of carbonyl (C=O) groups excluding carboxylic acids is 5. The number of nitrogens with one attached hydrogen (secondary N) is 4. The van der Waals surface area contributed by atoms with E-state index in [4.69, 9.17) is 0 Å². The Labute approximate surface area is 309 Å². The Bertz CT molecular complexity index is 1440.